The Hall–Kier alpha value is -2.63. The summed E-state index contributed by atoms with van der Waals surface area (Å²) in [4.78, 5) is 26.5. The molecule has 1 aromatic carbocycles. The van der Waals surface area contributed by atoms with E-state index in [1.807, 2.05) is 50.6 Å². The molecular weight excluding hydrogens is 402 g/mol. The fraction of sp³-hybridized carbons (Fsp3) is 0.577. The number of hydrogen-bond donors (Lipinski definition) is 1. The molecule has 3 unspecified atom stereocenters. The average molecular weight is 436 g/mol. The Morgan fingerprint density at radius 3 is 2.41 bits per heavy atom. The molecule has 0 spiro atoms. The first-order valence-electron chi connectivity index (χ1n) is 11.6. The number of benzene rings is 1. The van der Waals surface area contributed by atoms with E-state index in [1.54, 1.807) is 0 Å². The third-order valence-electron chi connectivity index (χ3n) is 8.71. The molecule has 1 aliphatic heterocycles. The van der Waals surface area contributed by atoms with Gasteiger partial charge in [0.25, 0.3) is 5.91 Å². The number of rotatable bonds is 3. The van der Waals surface area contributed by atoms with Crippen LogP contribution in [0.1, 0.15) is 76.9 Å². The molecule has 1 saturated heterocycles. The molecule has 2 aromatic rings. The third-order valence-corrected chi connectivity index (χ3v) is 8.71. The Bertz CT molecular complexity index is 1120. The Labute approximate surface area is 189 Å². The Balaban J connectivity index is 1.53. The molecule has 3 atom stereocenters. The van der Waals surface area contributed by atoms with Crippen LogP contribution in [0.15, 0.2) is 30.3 Å². The Kier molecular flexibility index (Phi) is 4.28. The summed E-state index contributed by atoms with van der Waals surface area (Å²) in [5, 5.41) is 8.18. The molecule has 1 saturated carbocycles. The number of fused-ring (bicyclic) bond motifs is 3. The van der Waals surface area contributed by atoms with Gasteiger partial charge in [0, 0.05) is 11.0 Å². The molecule has 0 radical (unpaired) electrons. The lowest BCUT2D eigenvalue weighted by atomic mass is 9.66. The number of aryl methyl sites for hydroxylation is 1. The second-order valence-electron chi connectivity index (χ2n) is 11.4. The highest BCUT2D eigenvalue weighted by Gasteiger charge is 2.75. The van der Waals surface area contributed by atoms with Crippen LogP contribution in [0.25, 0.3) is 5.69 Å². The normalized spacial score (nSPS) is 31.8. The van der Waals surface area contributed by atoms with Gasteiger partial charge in [0.05, 0.1) is 28.5 Å². The van der Waals surface area contributed by atoms with Gasteiger partial charge in [-0.3, -0.25) is 9.59 Å². The molecule has 2 heterocycles. The minimum atomic E-state index is -1.11. The lowest BCUT2D eigenvalue weighted by Crippen LogP contribution is -2.54. The second kappa shape index (κ2) is 6.46. The van der Waals surface area contributed by atoms with Crippen LogP contribution in [0.3, 0.4) is 0 Å². The lowest BCUT2D eigenvalue weighted by Gasteiger charge is -2.40. The maximum Gasteiger partial charge on any atom is 0.313 e. The van der Waals surface area contributed by atoms with Crippen LogP contribution in [0.5, 0.6) is 0 Å². The lowest BCUT2D eigenvalue weighted by molar-refractivity contribution is -0.168. The van der Waals surface area contributed by atoms with Crippen molar-refractivity contribution in [3.8, 4) is 5.69 Å². The van der Waals surface area contributed by atoms with Crippen LogP contribution in [0.4, 0.5) is 0 Å². The minimum Gasteiger partial charge on any atom is -0.448 e. The zero-order chi connectivity index (χ0) is 23.1. The molecule has 3 aliphatic rings. The summed E-state index contributed by atoms with van der Waals surface area (Å²) in [6.45, 7) is 12.4. The van der Waals surface area contributed by atoms with Crippen LogP contribution in [-0.2, 0) is 20.7 Å². The van der Waals surface area contributed by atoms with Crippen molar-refractivity contribution in [3.05, 3.63) is 47.3 Å². The van der Waals surface area contributed by atoms with Gasteiger partial charge in [0.1, 0.15) is 0 Å². The standard InChI is InChI=1S/C26H33N3O3/c1-16-20-18(27-21(30)26-13-12-25(6,22(31)32-26)24(26,4)5)14-23(2,3)15-19(20)29(28-16)17-10-8-7-9-11-17/h7-11,18H,12-15H2,1-6H3,(H,27,30). The molecule has 32 heavy (non-hydrogen) atoms. The van der Waals surface area contributed by atoms with E-state index < -0.39 is 16.4 Å². The number of amides is 1. The first-order chi connectivity index (χ1) is 14.9. The number of esters is 1. The third kappa shape index (κ3) is 2.61. The van der Waals surface area contributed by atoms with Crippen molar-refractivity contribution in [3.63, 3.8) is 0 Å². The van der Waals surface area contributed by atoms with Gasteiger partial charge in [0.15, 0.2) is 5.60 Å². The fourth-order valence-electron chi connectivity index (χ4n) is 6.32. The molecule has 170 valence electrons. The van der Waals surface area contributed by atoms with E-state index in [1.165, 1.54) is 0 Å². The van der Waals surface area contributed by atoms with Gasteiger partial charge in [-0.2, -0.15) is 5.10 Å². The second-order valence-corrected chi connectivity index (χ2v) is 11.4. The molecule has 1 aromatic heterocycles. The van der Waals surface area contributed by atoms with Crippen LogP contribution < -0.4 is 5.32 Å². The summed E-state index contributed by atoms with van der Waals surface area (Å²) in [5.41, 5.74) is 1.91. The summed E-state index contributed by atoms with van der Waals surface area (Å²) in [5.74, 6) is -0.417. The number of carbonyl (C=O) groups excluding carboxylic acids is 2. The Morgan fingerprint density at radius 1 is 1.12 bits per heavy atom. The van der Waals surface area contributed by atoms with E-state index in [4.69, 9.17) is 9.84 Å². The number of aromatic nitrogens is 2. The predicted octanol–water partition coefficient (Wildman–Crippen LogP) is 4.43. The summed E-state index contributed by atoms with van der Waals surface area (Å²) < 4.78 is 7.87. The average Bonchev–Trinajstić information content (AvgIpc) is 3.20. The molecule has 2 bridgehead atoms. The van der Waals surface area contributed by atoms with E-state index in [0.717, 1.165) is 35.5 Å². The molecule has 2 fully saturated rings. The van der Waals surface area contributed by atoms with E-state index in [2.05, 4.69) is 31.3 Å². The maximum absolute atomic E-state index is 13.8. The number of nitrogens with one attached hydrogen (secondary N) is 1. The number of para-hydroxylation sites is 1. The van der Waals surface area contributed by atoms with E-state index >= 15 is 0 Å². The summed E-state index contributed by atoms with van der Waals surface area (Å²) in [6.07, 6.45) is 2.95. The SMILES string of the molecule is Cc1nn(-c2ccccc2)c2c1C(NC(=O)C13CCC(C)(C(=O)O1)C3(C)C)CC(C)(C)C2. The molecular formula is C26H33N3O3. The zero-order valence-corrected chi connectivity index (χ0v) is 19.9. The molecule has 6 nitrogen and oxygen atoms in total. The molecule has 2 aliphatic carbocycles. The molecule has 1 N–H and O–H groups in total. The van der Waals surface area contributed by atoms with Crippen molar-refractivity contribution in [2.45, 2.75) is 78.9 Å². The monoisotopic (exact) mass is 435 g/mol. The zero-order valence-electron chi connectivity index (χ0n) is 19.9. The fourth-order valence-corrected chi connectivity index (χ4v) is 6.32. The first kappa shape index (κ1) is 21.2. The van der Waals surface area contributed by atoms with Crippen molar-refractivity contribution in [2.75, 3.05) is 0 Å². The topological polar surface area (TPSA) is 73.2 Å². The number of carbonyl (C=O) groups is 2. The van der Waals surface area contributed by atoms with Gasteiger partial charge in [-0.25, -0.2) is 4.68 Å². The van der Waals surface area contributed by atoms with Crippen molar-refractivity contribution >= 4 is 11.9 Å². The molecule has 5 rings (SSSR count). The highest BCUT2D eigenvalue weighted by atomic mass is 16.6. The largest absolute Gasteiger partial charge is 0.448 e. The molecule has 6 heteroatoms. The van der Waals surface area contributed by atoms with Crippen LogP contribution in [-0.4, -0.2) is 27.3 Å². The van der Waals surface area contributed by atoms with E-state index in [9.17, 15) is 9.59 Å². The van der Waals surface area contributed by atoms with Crippen molar-refractivity contribution < 1.29 is 14.3 Å². The van der Waals surface area contributed by atoms with Crippen LogP contribution in [0.2, 0.25) is 0 Å². The van der Waals surface area contributed by atoms with Crippen LogP contribution in [0, 0.1) is 23.2 Å². The highest BCUT2D eigenvalue weighted by Crippen LogP contribution is 2.65. The Morgan fingerprint density at radius 2 is 1.81 bits per heavy atom. The summed E-state index contributed by atoms with van der Waals surface area (Å²) in [6, 6.07) is 9.97. The van der Waals surface area contributed by atoms with Gasteiger partial charge >= 0.3 is 5.97 Å². The number of hydrogen-bond acceptors (Lipinski definition) is 4. The summed E-state index contributed by atoms with van der Waals surface area (Å²) in [7, 11) is 0. The van der Waals surface area contributed by atoms with Crippen molar-refractivity contribution in [2.24, 2.45) is 16.2 Å². The maximum atomic E-state index is 13.8. The predicted molar refractivity (Wildman–Crippen MR) is 121 cm³/mol. The highest BCUT2D eigenvalue weighted by molar-refractivity contribution is 5.96. The van der Waals surface area contributed by atoms with Gasteiger partial charge in [-0.1, -0.05) is 45.9 Å². The van der Waals surface area contributed by atoms with Gasteiger partial charge < -0.3 is 10.1 Å². The van der Waals surface area contributed by atoms with E-state index in [0.29, 0.717) is 12.8 Å². The van der Waals surface area contributed by atoms with Crippen LogP contribution >= 0.6 is 0 Å². The smallest absolute Gasteiger partial charge is 0.313 e. The molecule has 1 amide bonds. The first-order valence-corrected chi connectivity index (χ1v) is 11.6. The van der Waals surface area contributed by atoms with Gasteiger partial charge in [0.2, 0.25) is 0 Å². The number of nitrogens with zero attached hydrogens (tertiary/aromatic N) is 2. The minimum absolute atomic E-state index is 0.00627. The van der Waals surface area contributed by atoms with Crippen molar-refractivity contribution in [1.82, 2.24) is 15.1 Å². The van der Waals surface area contributed by atoms with Gasteiger partial charge in [-0.15, -0.1) is 0 Å². The van der Waals surface area contributed by atoms with Gasteiger partial charge in [-0.05, 0) is 57.1 Å². The number of ether oxygens (including phenoxy) is 1. The van der Waals surface area contributed by atoms with E-state index in [-0.39, 0.29) is 23.3 Å². The summed E-state index contributed by atoms with van der Waals surface area (Å²) >= 11 is 0. The van der Waals surface area contributed by atoms with Crippen molar-refractivity contribution in [1.29, 1.82) is 0 Å². The quantitative estimate of drug-likeness (QED) is 0.724.